The van der Waals surface area contributed by atoms with Gasteiger partial charge in [0.15, 0.2) is 0 Å². The van der Waals surface area contributed by atoms with Gasteiger partial charge >= 0.3 is 0 Å². The molecule has 1 aromatic carbocycles. The molecule has 2 atom stereocenters. The summed E-state index contributed by atoms with van der Waals surface area (Å²) in [5.74, 6) is 0.000321. The van der Waals surface area contributed by atoms with E-state index in [1.54, 1.807) is 0 Å². The Morgan fingerprint density at radius 1 is 1.14 bits per heavy atom. The summed E-state index contributed by atoms with van der Waals surface area (Å²) in [6.45, 7) is 2.02. The van der Waals surface area contributed by atoms with E-state index in [2.05, 4.69) is 22.4 Å². The molecule has 2 aromatic heterocycles. The number of amides is 1. The highest BCUT2D eigenvalue weighted by atomic mass is 16.1. The molecule has 0 spiro atoms. The van der Waals surface area contributed by atoms with Gasteiger partial charge in [0.2, 0.25) is 0 Å². The maximum absolute atomic E-state index is 13.3. The van der Waals surface area contributed by atoms with Crippen LogP contribution in [0.2, 0.25) is 0 Å². The van der Waals surface area contributed by atoms with Crippen LogP contribution in [0.4, 0.5) is 0 Å². The molecule has 2 aliphatic rings. The largest absolute Gasteiger partial charge is 0.349 e. The Hall–Kier alpha value is -2.73. The van der Waals surface area contributed by atoms with Gasteiger partial charge in [0.05, 0.1) is 23.0 Å². The van der Waals surface area contributed by atoms with Gasteiger partial charge in [0.25, 0.3) is 5.91 Å². The standard InChI is InChI=1S/C23H27N5O/c1-14-20(13-24-28(14)3)22-12-19(18-6-4-5-7-21(18)26-22)23(29)25-15-10-16-8-9-17(11-15)27(16)2/h4-7,12-13,15-17H,8-11H2,1-3H3,(H,25,29). The molecule has 6 heteroatoms. The highest BCUT2D eigenvalue weighted by molar-refractivity contribution is 6.07. The fraction of sp³-hybridized carbons (Fsp3) is 0.435. The zero-order chi connectivity index (χ0) is 20.1. The van der Waals surface area contributed by atoms with E-state index in [1.165, 1.54) is 12.8 Å². The topological polar surface area (TPSA) is 63.1 Å². The molecule has 29 heavy (non-hydrogen) atoms. The number of aromatic nitrogens is 3. The average Bonchev–Trinajstić information content (AvgIpc) is 3.14. The quantitative estimate of drug-likeness (QED) is 0.747. The number of hydrogen-bond acceptors (Lipinski definition) is 4. The van der Waals surface area contributed by atoms with Crippen molar-refractivity contribution < 1.29 is 4.79 Å². The summed E-state index contributed by atoms with van der Waals surface area (Å²) in [6, 6.07) is 11.2. The van der Waals surface area contributed by atoms with Crippen molar-refractivity contribution in [3.63, 3.8) is 0 Å². The molecule has 5 rings (SSSR count). The molecular formula is C23H27N5O. The van der Waals surface area contributed by atoms with Crippen molar-refractivity contribution >= 4 is 16.8 Å². The molecule has 2 aliphatic heterocycles. The molecule has 2 saturated heterocycles. The number of nitrogens with zero attached hydrogens (tertiary/aromatic N) is 4. The lowest BCUT2D eigenvalue weighted by Gasteiger charge is -2.36. The van der Waals surface area contributed by atoms with E-state index in [0.717, 1.165) is 40.7 Å². The Kier molecular flexibility index (Phi) is 4.39. The predicted molar refractivity (Wildman–Crippen MR) is 114 cm³/mol. The van der Waals surface area contributed by atoms with Gasteiger partial charge in [-0.25, -0.2) is 4.98 Å². The molecule has 6 nitrogen and oxygen atoms in total. The lowest BCUT2D eigenvalue weighted by molar-refractivity contribution is 0.0884. The number of carbonyl (C=O) groups excluding carboxylic acids is 1. The monoisotopic (exact) mass is 389 g/mol. The zero-order valence-electron chi connectivity index (χ0n) is 17.2. The van der Waals surface area contributed by atoms with Crippen LogP contribution >= 0.6 is 0 Å². The third-order valence-electron chi connectivity index (χ3n) is 6.91. The van der Waals surface area contributed by atoms with Crippen molar-refractivity contribution in [3.8, 4) is 11.3 Å². The SMILES string of the molecule is Cc1c(-c2cc(C(=O)NC3CC4CCC(C3)N4C)c3ccccc3n2)cnn1C. The van der Waals surface area contributed by atoms with Gasteiger partial charge in [0.1, 0.15) is 0 Å². The van der Waals surface area contributed by atoms with Crippen LogP contribution in [-0.2, 0) is 7.05 Å². The third kappa shape index (κ3) is 3.12. The van der Waals surface area contributed by atoms with E-state index in [-0.39, 0.29) is 11.9 Å². The van der Waals surface area contributed by atoms with E-state index in [4.69, 9.17) is 4.98 Å². The zero-order valence-corrected chi connectivity index (χ0v) is 17.2. The molecule has 4 heterocycles. The molecule has 0 saturated carbocycles. The summed E-state index contributed by atoms with van der Waals surface area (Å²) in [6.07, 6.45) is 6.39. The number of carbonyl (C=O) groups is 1. The highest BCUT2D eigenvalue weighted by Gasteiger charge is 2.39. The Balaban J connectivity index is 1.50. The number of hydrogen-bond donors (Lipinski definition) is 1. The van der Waals surface area contributed by atoms with Crippen LogP contribution in [0.15, 0.2) is 36.5 Å². The lowest BCUT2D eigenvalue weighted by atomic mass is 9.97. The highest BCUT2D eigenvalue weighted by Crippen LogP contribution is 2.34. The second-order valence-corrected chi connectivity index (χ2v) is 8.53. The van der Waals surface area contributed by atoms with Crippen molar-refractivity contribution in [1.82, 2.24) is 25.0 Å². The van der Waals surface area contributed by atoms with Crippen LogP contribution in [0.1, 0.15) is 41.7 Å². The predicted octanol–water partition coefficient (Wildman–Crippen LogP) is 3.30. The van der Waals surface area contributed by atoms with E-state index in [0.29, 0.717) is 17.6 Å². The van der Waals surface area contributed by atoms with Crippen molar-refractivity contribution in [3.05, 3.63) is 47.8 Å². The van der Waals surface area contributed by atoms with E-state index >= 15 is 0 Å². The smallest absolute Gasteiger partial charge is 0.252 e. The van der Waals surface area contributed by atoms with Gasteiger partial charge in [-0.3, -0.25) is 9.48 Å². The van der Waals surface area contributed by atoms with E-state index < -0.39 is 0 Å². The molecule has 2 bridgehead atoms. The Morgan fingerprint density at radius 2 is 1.86 bits per heavy atom. The summed E-state index contributed by atoms with van der Waals surface area (Å²) in [5, 5.41) is 8.57. The number of para-hydroxylation sites is 1. The van der Waals surface area contributed by atoms with Crippen LogP contribution in [0, 0.1) is 6.92 Å². The Morgan fingerprint density at radius 3 is 2.55 bits per heavy atom. The molecule has 150 valence electrons. The van der Waals surface area contributed by atoms with Crippen LogP contribution in [0.5, 0.6) is 0 Å². The van der Waals surface area contributed by atoms with Gasteiger partial charge in [-0.05, 0) is 51.8 Å². The molecule has 1 N–H and O–H groups in total. The summed E-state index contributed by atoms with van der Waals surface area (Å²) in [7, 11) is 4.14. The van der Waals surface area contributed by atoms with Crippen molar-refractivity contribution in [2.24, 2.45) is 7.05 Å². The molecule has 3 aromatic rings. The lowest BCUT2D eigenvalue weighted by Crippen LogP contribution is -2.48. The minimum absolute atomic E-state index is 0.000321. The molecular weight excluding hydrogens is 362 g/mol. The summed E-state index contributed by atoms with van der Waals surface area (Å²) < 4.78 is 1.83. The Bertz CT molecular complexity index is 1070. The van der Waals surface area contributed by atoms with Crippen LogP contribution in [0.25, 0.3) is 22.2 Å². The number of aryl methyl sites for hydroxylation is 1. The van der Waals surface area contributed by atoms with Crippen LogP contribution in [0.3, 0.4) is 0 Å². The maximum atomic E-state index is 13.3. The molecule has 2 unspecified atom stereocenters. The van der Waals surface area contributed by atoms with Crippen molar-refractivity contribution in [2.75, 3.05) is 7.05 Å². The minimum Gasteiger partial charge on any atom is -0.349 e. The summed E-state index contributed by atoms with van der Waals surface area (Å²) in [4.78, 5) is 20.6. The van der Waals surface area contributed by atoms with Crippen LogP contribution < -0.4 is 5.32 Å². The molecule has 2 fully saturated rings. The van der Waals surface area contributed by atoms with Crippen molar-refractivity contribution in [1.29, 1.82) is 0 Å². The average molecular weight is 390 g/mol. The van der Waals surface area contributed by atoms with E-state index in [9.17, 15) is 4.79 Å². The molecule has 1 amide bonds. The molecule has 0 radical (unpaired) electrons. The first-order valence-corrected chi connectivity index (χ1v) is 10.4. The van der Waals surface area contributed by atoms with Gasteiger partial charge in [-0.15, -0.1) is 0 Å². The second kappa shape index (κ2) is 6.95. The first-order chi connectivity index (χ1) is 14.0. The molecule has 0 aliphatic carbocycles. The number of pyridine rings is 1. The number of nitrogens with one attached hydrogen (secondary N) is 1. The van der Waals surface area contributed by atoms with Gasteiger partial charge in [-0.1, -0.05) is 18.2 Å². The number of benzene rings is 1. The number of piperidine rings is 1. The maximum Gasteiger partial charge on any atom is 0.252 e. The van der Waals surface area contributed by atoms with Gasteiger partial charge in [0, 0.05) is 41.8 Å². The minimum atomic E-state index is 0.000321. The fourth-order valence-electron chi connectivity index (χ4n) is 5.04. The summed E-state index contributed by atoms with van der Waals surface area (Å²) >= 11 is 0. The first-order valence-electron chi connectivity index (χ1n) is 10.4. The second-order valence-electron chi connectivity index (χ2n) is 8.53. The van der Waals surface area contributed by atoms with Gasteiger partial charge < -0.3 is 10.2 Å². The third-order valence-corrected chi connectivity index (χ3v) is 6.91. The van der Waals surface area contributed by atoms with Gasteiger partial charge in [-0.2, -0.15) is 5.10 Å². The normalized spacial score (nSPS) is 24.2. The van der Waals surface area contributed by atoms with E-state index in [1.807, 2.05) is 55.2 Å². The van der Waals surface area contributed by atoms with Crippen LogP contribution in [-0.4, -0.2) is 50.7 Å². The number of rotatable bonds is 3. The number of fused-ring (bicyclic) bond motifs is 3. The van der Waals surface area contributed by atoms with Crippen molar-refractivity contribution in [2.45, 2.75) is 50.7 Å². The summed E-state index contributed by atoms with van der Waals surface area (Å²) in [5.41, 5.74) is 4.32. The Labute approximate surface area is 170 Å². The first kappa shape index (κ1) is 18.3. The fourth-order valence-corrected chi connectivity index (χ4v) is 5.04.